The van der Waals surface area contributed by atoms with Gasteiger partial charge in [-0.1, -0.05) is 30.3 Å². The van der Waals surface area contributed by atoms with Gasteiger partial charge in [0.05, 0.1) is 12.2 Å². The topological polar surface area (TPSA) is 88.3 Å². The first-order valence-electron chi connectivity index (χ1n) is 10.9. The Morgan fingerprint density at radius 2 is 1.94 bits per heavy atom. The standard InChI is InChI=1S/C24H31N3O4/c1-16-8-9-19-20(23(16)28)14-21(30-22(19)15-25)17-10-12-27(13-11-17)31-24(29)26(2)18-6-4-3-5-7-18/h3-9,17,21-22,28H,10-15,25H2,1-2H3/t21-,22-/m0/s1. The number of nitrogens with zero attached hydrogens (tertiary/aromatic N) is 2. The Morgan fingerprint density at radius 1 is 1.23 bits per heavy atom. The number of carbonyl (C=O) groups is 1. The molecule has 7 heteroatoms. The lowest BCUT2D eigenvalue weighted by Gasteiger charge is -2.40. The molecule has 31 heavy (non-hydrogen) atoms. The Balaban J connectivity index is 1.35. The van der Waals surface area contributed by atoms with Crippen molar-refractivity contribution in [1.29, 1.82) is 0 Å². The highest BCUT2D eigenvalue weighted by Crippen LogP contribution is 2.40. The normalized spacial score (nSPS) is 22.0. The van der Waals surface area contributed by atoms with Gasteiger partial charge in [0.2, 0.25) is 0 Å². The third kappa shape index (κ3) is 4.54. The summed E-state index contributed by atoms with van der Waals surface area (Å²) in [6.07, 6.45) is 1.80. The van der Waals surface area contributed by atoms with Crippen molar-refractivity contribution in [3.05, 3.63) is 59.2 Å². The van der Waals surface area contributed by atoms with E-state index in [0.29, 0.717) is 37.7 Å². The van der Waals surface area contributed by atoms with Crippen LogP contribution in [0.4, 0.5) is 10.5 Å². The third-order valence-corrected chi connectivity index (χ3v) is 6.47. The van der Waals surface area contributed by atoms with Crippen LogP contribution in [0, 0.1) is 12.8 Å². The van der Waals surface area contributed by atoms with Gasteiger partial charge < -0.3 is 20.4 Å². The summed E-state index contributed by atoms with van der Waals surface area (Å²) < 4.78 is 6.34. The highest BCUT2D eigenvalue weighted by atomic mass is 16.7. The molecule has 2 aliphatic heterocycles. The maximum atomic E-state index is 12.5. The quantitative estimate of drug-likeness (QED) is 0.779. The largest absolute Gasteiger partial charge is 0.507 e. The molecular formula is C24H31N3O4. The van der Waals surface area contributed by atoms with E-state index >= 15 is 0 Å². The molecule has 0 aromatic heterocycles. The van der Waals surface area contributed by atoms with E-state index in [9.17, 15) is 9.90 Å². The third-order valence-electron chi connectivity index (χ3n) is 6.47. The number of phenolic OH excluding ortho intramolecular Hbond substituents is 1. The molecule has 4 rings (SSSR count). The number of nitrogens with two attached hydrogens (primary N) is 1. The van der Waals surface area contributed by atoms with Crippen LogP contribution in [0.5, 0.6) is 5.75 Å². The number of aromatic hydroxyl groups is 1. The first-order chi connectivity index (χ1) is 15.0. The first kappa shape index (κ1) is 21.6. The SMILES string of the molecule is Cc1ccc2c(c1O)C[C@@H](C1CCN(OC(=O)N(C)c3ccccc3)CC1)O[C@H]2CN. The molecule has 1 amide bonds. The van der Waals surface area contributed by atoms with Crippen LogP contribution in [0.25, 0.3) is 0 Å². The lowest BCUT2D eigenvalue weighted by Crippen LogP contribution is -2.44. The number of ether oxygens (including phenoxy) is 1. The van der Waals surface area contributed by atoms with Gasteiger partial charge in [0, 0.05) is 44.4 Å². The fourth-order valence-corrected chi connectivity index (χ4v) is 4.55. The number of hydrogen-bond donors (Lipinski definition) is 2. The first-order valence-corrected chi connectivity index (χ1v) is 10.9. The van der Waals surface area contributed by atoms with Crippen LogP contribution >= 0.6 is 0 Å². The molecule has 0 aliphatic carbocycles. The van der Waals surface area contributed by atoms with E-state index in [0.717, 1.165) is 35.2 Å². The summed E-state index contributed by atoms with van der Waals surface area (Å²) in [5.41, 5.74) is 9.60. The molecule has 3 N–H and O–H groups in total. The number of carbonyl (C=O) groups excluding carboxylic acids is 1. The Hall–Kier alpha value is -2.61. The number of fused-ring (bicyclic) bond motifs is 1. The maximum Gasteiger partial charge on any atom is 0.433 e. The van der Waals surface area contributed by atoms with Crippen molar-refractivity contribution in [1.82, 2.24) is 5.06 Å². The zero-order valence-electron chi connectivity index (χ0n) is 18.2. The van der Waals surface area contributed by atoms with Gasteiger partial charge in [-0.15, -0.1) is 5.06 Å². The molecule has 2 aromatic carbocycles. The van der Waals surface area contributed by atoms with Crippen molar-refractivity contribution in [2.24, 2.45) is 11.7 Å². The molecule has 2 aliphatic rings. The number of piperidine rings is 1. The van der Waals surface area contributed by atoms with E-state index in [-0.39, 0.29) is 12.2 Å². The second kappa shape index (κ2) is 9.26. The number of phenols is 1. The van der Waals surface area contributed by atoms with Crippen LogP contribution < -0.4 is 10.6 Å². The van der Waals surface area contributed by atoms with E-state index in [1.807, 2.05) is 49.4 Å². The molecule has 0 bridgehead atoms. The molecule has 2 aromatic rings. The van der Waals surface area contributed by atoms with Gasteiger partial charge in [-0.25, -0.2) is 4.79 Å². The Labute approximate surface area is 183 Å². The second-order valence-corrected chi connectivity index (χ2v) is 8.42. The zero-order chi connectivity index (χ0) is 22.0. The van der Waals surface area contributed by atoms with Crippen LogP contribution in [0.2, 0.25) is 0 Å². The molecule has 166 valence electrons. The summed E-state index contributed by atoms with van der Waals surface area (Å²) in [5.74, 6) is 0.684. The van der Waals surface area contributed by atoms with Crippen molar-refractivity contribution >= 4 is 11.8 Å². The Morgan fingerprint density at radius 3 is 2.61 bits per heavy atom. The smallest absolute Gasteiger partial charge is 0.433 e. The van der Waals surface area contributed by atoms with Crippen LogP contribution in [0.3, 0.4) is 0 Å². The molecule has 1 fully saturated rings. The number of anilines is 1. The summed E-state index contributed by atoms with van der Waals surface area (Å²) in [4.78, 5) is 19.6. The highest BCUT2D eigenvalue weighted by molar-refractivity contribution is 5.86. The molecule has 0 spiro atoms. The molecular weight excluding hydrogens is 394 g/mol. The number of hydroxylamine groups is 2. The van der Waals surface area contributed by atoms with E-state index in [2.05, 4.69) is 0 Å². The van der Waals surface area contributed by atoms with E-state index in [1.54, 1.807) is 12.1 Å². The van der Waals surface area contributed by atoms with Gasteiger partial charge in [0.25, 0.3) is 0 Å². The lowest BCUT2D eigenvalue weighted by atomic mass is 9.83. The number of para-hydroxylation sites is 1. The predicted molar refractivity (Wildman–Crippen MR) is 119 cm³/mol. The van der Waals surface area contributed by atoms with Gasteiger partial charge >= 0.3 is 6.09 Å². The minimum Gasteiger partial charge on any atom is -0.507 e. The summed E-state index contributed by atoms with van der Waals surface area (Å²) in [6, 6.07) is 13.4. The van der Waals surface area contributed by atoms with Gasteiger partial charge in [0.1, 0.15) is 5.75 Å². The number of aryl methyl sites for hydroxylation is 1. The van der Waals surface area contributed by atoms with E-state index in [4.69, 9.17) is 15.3 Å². The van der Waals surface area contributed by atoms with Crippen LogP contribution in [-0.2, 0) is 16.0 Å². The van der Waals surface area contributed by atoms with Gasteiger partial charge in [0.15, 0.2) is 0 Å². The highest BCUT2D eigenvalue weighted by Gasteiger charge is 2.36. The molecule has 1 saturated heterocycles. The Bertz CT molecular complexity index is 913. The summed E-state index contributed by atoms with van der Waals surface area (Å²) >= 11 is 0. The van der Waals surface area contributed by atoms with Gasteiger partial charge in [-0.3, -0.25) is 4.90 Å². The van der Waals surface area contributed by atoms with Crippen molar-refractivity contribution in [2.75, 3.05) is 31.6 Å². The number of amides is 1. The number of rotatable bonds is 4. The second-order valence-electron chi connectivity index (χ2n) is 8.42. The van der Waals surface area contributed by atoms with E-state index in [1.165, 1.54) is 4.90 Å². The number of benzene rings is 2. The monoisotopic (exact) mass is 425 g/mol. The summed E-state index contributed by atoms with van der Waals surface area (Å²) in [7, 11) is 1.71. The minimum atomic E-state index is -0.393. The fraction of sp³-hybridized carbons (Fsp3) is 0.458. The van der Waals surface area contributed by atoms with Gasteiger partial charge in [-0.05, 0) is 48.9 Å². The van der Waals surface area contributed by atoms with Crippen molar-refractivity contribution in [2.45, 2.75) is 38.4 Å². The van der Waals surface area contributed by atoms with Crippen LogP contribution in [0.15, 0.2) is 42.5 Å². The summed E-state index contributed by atoms with van der Waals surface area (Å²) in [5, 5.41) is 12.3. The molecule has 2 heterocycles. The predicted octanol–water partition coefficient (Wildman–Crippen LogP) is 3.54. The van der Waals surface area contributed by atoms with Crippen molar-refractivity contribution < 1.29 is 19.5 Å². The maximum absolute atomic E-state index is 12.5. The fourth-order valence-electron chi connectivity index (χ4n) is 4.55. The molecule has 0 radical (unpaired) electrons. The lowest BCUT2D eigenvalue weighted by molar-refractivity contribution is -0.134. The van der Waals surface area contributed by atoms with E-state index < -0.39 is 6.09 Å². The summed E-state index contributed by atoms with van der Waals surface area (Å²) in [6.45, 7) is 3.60. The van der Waals surface area contributed by atoms with Crippen molar-refractivity contribution in [3.8, 4) is 5.75 Å². The molecule has 7 nitrogen and oxygen atoms in total. The van der Waals surface area contributed by atoms with Gasteiger partial charge in [-0.2, -0.15) is 0 Å². The Kier molecular flexibility index (Phi) is 6.46. The van der Waals surface area contributed by atoms with Crippen LogP contribution in [-0.4, -0.2) is 49.0 Å². The minimum absolute atomic E-state index is 0.00130. The molecule has 0 unspecified atom stereocenters. The molecule has 2 atom stereocenters. The molecule has 0 saturated carbocycles. The van der Waals surface area contributed by atoms with Crippen molar-refractivity contribution in [3.63, 3.8) is 0 Å². The van der Waals surface area contributed by atoms with Crippen LogP contribution in [0.1, 0.15) is 35.6 Å². The number of hydrogen-bond acceptors (Lipinski definition) is 6. The zero-order valence-corrected chi connectivity index (χ0v) is 18.2. The average molecular weight is 426 g/mol. The average Bonchev–Trinajstić information content (AvgIpc) is 2.81.